The minimum absolute atomic E-state index is 0.0612. The topological polar surface area (TPSA) is 40.5 Å². The molecule has 0 atom stereocenters. The highest BCUT2D eigenvalue weighted by molar-refractivity contribution is 5.75. The maximum atomic E-state index is 11.5. The van der Waals surface area contributed by atoms with Crippen LogP contribution in [0, 0.1) is 5.92 Å². The molecule has 82 valence electrons. The summed E-state index contributed by atoms with van der Waals surface area (Å²) < 4.78 is 0. The molecule has 0 aromatic rings. The molecule has 1 rings (SSSR count). The second-order valence-electron chi connectivity index (χ2n) is 4.23. The van der Waals surface area contributed by atoms with E-state index in [1.54, 1.807) is 11.9 Å². The van der Waals surface area contributed by atoms with Gasteiger partial charge in [0.15, 0.2) is 0 Å². The molecule has 3 nitrogen and oxygen atoms in total. The molecule has 0 aliphatic heterocycles. The number of carbonyl (C=O) groups is 1. The maximum absolute atomic E-state index is 11.5. The molecule has 0 spiro atoms. The lowest BCUT2D eigenvalue weighted by Crippen LogP contribution is -2.29. The molecule has 0 aromatic heterocycles. The monoisotopic (exact) mass is 199 g/mol. The van der Waals surface area contributed by atoms with Gasteiger partial charge in [0.25, 0.3) is 0 Å². The number of aliphatic hydroxyl groups excluding tert-OH is 1. The Balaban J connectivity index is 2.13. The summed E-state index contributed by atoms with van der Waals surface area (Å²) >= 11 is 0. The molecule has 0 saturated heterocycles. The molecule has 0 bridgehead atoms. The normalized spacial score (nSPS) is 17.3. The van der Waals surface area contributed by atoms with E-state index in [9.17, 15) is 4.79 Å². The Kier molecular flexibility index (Phi) is 4.94. The van der Waals surface area contributed by atoms with E-state index in [1.165, 1.54) is 25.7 Å². The second-order valence-corrected chi connectivity index (χ2v) is 4.23. The zero-order valence-corrected chi connectivity index (χ0v) is 9.04. The van der Waals surface area contributed by atoms with E-state index in [-0.39, 0.29) is 12.5 Å². The van der Waals surface area contributed by atoms with Crippen LogP contribution in [0.1, 0.15) is 38.5 Å². The molecular weight excluding hydrogens is 178 g/mol. The van der Waals surface area contributed by atoms with Gasteiger partial charge in [0.05, 0.1) is 6.61 Å². The Morgan fingerprint density at radius 2 is 2.07 bits per heavy atom. The van der Waals surface area contributed by atoms with E-state index in [2.05, 4.69) is 0 Å². The van der Waals surface area contributed by atoms with E-state index < -0.39 is 0 Å². The van der Waals surface area contributed by atoms with Gasteiger partial charge in [0.2, 0.25) is 5.91 Å². The average molecular weight is 199 g/mol. The highest BCUT2D eigenvalue weighted by Gasteiger charge is 2.17. The first kappa shape index (κ1) is 11.5. The third kappa shape index (κ3) is 3.66. The average Bonchev–Trinajstić information content (AvgIpc) is 2.67. The summed E-state index contributed by atoms with van der Waals surface area (Å²) in [6.45, 7) is 0.523. The van der Waals surface area contributed by atoms with E-state index in [1.807, 2.05) is 0 Å². The first-order valence-corrected chi connectivity index (χ1v) is 5.59. The van der Waals surface area contributed by atoms with Crippen molar-refractivity contribution in [3.63, 3.8) is 0 Å². The third-order valence-electron chi connectivity index (χ3n) is 3.10. The van der Waals surface area contributed by atoms with Gasteiger partial charge in [-0.3, -0.25) is 4.79 Å². The van der Waals surface area contributed by atoms with E-state index in [4.69, 9.17) is 5.11 Å². The van der Waals surface area contributed by atoms with Crippen molar-refractivity contribution in [1.82, 2.24) is 4.90 Å². The van der Waals surface area contributed by atoms with Crippen molar-refractivity contribution in [2.24, 2.45) is 5.92 Å². The molecule has 1 saturated carbocycles. The van der Waals surface area contributed by atoms with E-state index >= 15 is 0 Å². The van der Waals surface area contributed by atoms with Crippen molar-refractivity contribution in [3.8, 4) is 0 Å². The van der Waals surface area contributed by atoms with Gasteiger partial charge in [-0.1, -0.05) is 25.7 Å². The van der Waals surface area contributed by atoms with Gasteiger partial charge in [-0.05, 0) is 12.3 Å². The first-order chi connectivity index (χ1) is 6.74. The number of nitrogens with zero attached hydrogens (tertiary/aromatic N) is 1. The number of hydrogen-bond acceptors (Lipinski definition) is 2. The quantitative estimate of drug-likeness (QED) is 0.727. The van der Waals surface area contributed by atoms with Gasteiger partial charge in [0, 0.05) is 20.0 Å². The molecular formula is C11H21NO2. The first-order valence-electron chi connectivity index (χ1n) is 5.59. The Morgan fingerprint density at radius 3 is 2.64 bits per heavy atom. The standard InChI is InChI=1S/C11H21NO2/c1-12(8-9-13)11(14)7-6-10-4-2-3-5-10/h10,13H,2-9H2,1H3. The summed E-state index contributed by atoms with van der Waals surface area (Å²) in [5.74, 6) is 0.951. The van der Waals surface area contributed by atoms with Gasteiger partial charge >= 0.3 is 0 Å². The molecule has 0 aromatic carbocycles. The van der Waals surface area contributed by atoms with Gasteiger partial charge < -0.3 is 10.0 Å². The predicted molar refractivity (Wildman–Crippen MR) is 55.9 cm³/mol. The van der Waals surface area contributed by atoms with Gasteiger partial charge in [-0.25, -0.2) is 0 Å². The number of rotatable bonds is 5. The van der Waals surface area contributed by atoms with Crippen LogP contribution in [0.25, 0.3) is 0 Å². The molecule has 1 aliphatic rings. The maximum Gasteiger partial charge on any atom is 0.222 e. The number of carbonyl (C=O) groups excluding carboxylic acids is 1. The highest BCUT2D eigenvalue weighted by Crippen LogP contribution is 2.28. The SMILES string of the molecule is CN(CCO)C(=O)CCC1CCCC1. The Bertz CT molecular complexity index is 176. The second kappa shape index (κ2) is 6.02. The fraction of sp³-hybridized carbons (Fsp3) is 0.909. The Labute approximate surface area is 86.1 Å². The highest BCUT2D eigenvalue weighted by atomic mass is 16.3. The molecule has 1 N–H and O–H groups in total. The smallest absolute Gasteiger partial charge is 0.222 e. The lowest BCUT2D eigenvalue weighted by Gasteiger charge is -2.16. The molecule has 1 aliphatic carbocycles. The lowest BCUT2D eigenvalue weighted by atomic mass is 10.0. The predicted octanol–water partition coefficient (Wildman–Crippen LogP) is 1.41. The minimum Gasteiger partial charge on any atom is -0.395 e. The summed E-state index contributed by atoms with van der Waals surface area (Å²) in [5.41, 5.74) is 0. The third-order valence-corrected chi connectivity index (χ3v) is 3.10. The number of amides is 1. The molecule has 3 heteroatoms. The molecule has 0 radical (unpaired) electrons. The van der Waals surface area contributed by atoms with Crippen molar-refractivity contribution in [2.45, 2.75) is 38.5 Å². The summed E-state index contributed by atoms with van der Waals surface area (Å²) in [7, 11) is 1.76. The summed E-state index contributed by atoms with van der Waals surface area (Å²) in [4.78, 5) is 13.1. The Hall–Kier alpha value is -0.570. The van der Waals surface area contributed by atoms with Crippen molar-refractivity contribution in [3.05, 3.63) is 0 Å². The van der Waals surface area contributed by atoms with Crippen molar-refractivity contribution in [2.75, 3.05) is 20.2 Å². The fourth-order valence-corrected chi connectivity index (χ4v) is 2.09. The van der Waals surface area contributed by atoms with Crippen molar-refractivity contribution in [1.29, 1.82) is 0 Å². The lowest BCUT2D eigenvalue weighted by molar-refractivity contribution is -0.130. The molecule has 0 heterocycles. The van der Waals surface area contributed by atoms with Crippen LogP contribution >= 0.6 is 0 Å². The van der Waals surface area contributed by atoms with E-state index in [0.29, 0.717) is 13.0 Å². The van der Waals surface area contributed by atoms with Crippen LogP contribution < -0.4 is 0 Å². The summed E-state index contributed by atoms with van der Waals surface area (Å²) in [5, 5.41) is 8.67. The number of hydrogen-bond donors (Lipinski definition) is 1. The Morgan fingerprint density at radius 1 is 1.43 bits per heavy atom. The summed E-state index contributed by atoms with van der Waals surface area (Å²) in [6.07, 6.45) is 6.97. The van der Waals surface area contributed by atoms with Gasteiger partial charge in [-0.15, -0.1) is 0 Å². The van der Waals surface area contributed by atoms with Crippen LogP contribution in [0.15, 0.2) is 0 Å². The van der Waals surface area contributed by atoms with Gasteiger partial charge in [-0.2, -0.15) is 0 Å². The summed E-state index contributed by atoms with van der Waals surface area (Å²) in [6, 6.07) is 0. The molecule has 1 fully saturated rings. The van der Waals surface area contributed by atoms with Crippen LogP contribution in [0.4, 0.5) is 0 Å². The fourth-order valence-electron chi connectivity index (χ4n) is 2.09. The van der Waals surface area contributed by atoms with Crippen LogP contribution in [-0.2, 0) is 4.79 Å². The zero-order valence-electron chi connectivity index (χ0n) is 9.04. The molecule has 14 heavy (non-hydrogen) atoms. The van der Waals surface area contributed by atoms with Gasteiger partial charge in [0.1, 0.15) is 0 Å². The molecule has 1 amide bonds. The van der Waals surface area contributed by atoms with Crippen LogP contribution in [-0.4, -0.2) is 36.1 Å². The number of aliphatic hydroxyl groups is 1. The van der Waals surface area contributed by atoms with Crippen molar-refractivity contribution >= 4 is 5.91 Å². The van der Waals surface area contributed by atoms with Crippen LogP contribution in [0.5, 0.6) is 0 Å². The van der Waals surface area contributed by atoms with Crippen LogP contribution in [0.2, 0.25) is 0 Å². The zero-order chi connectivity index (χ0) is 10.4. The minimum atomic E-state index is 0.0612. The van der Waals surface area contributed by atoms with E-state index in [0.717, 1.165) is 12.3 Å². The number of likely N-dealkylation sites (N-methyl/N-ethyl adjacent to an activating group) is 1. The van der Waals surface area contributed by atoms with Crippen molar-refractivity contribution < 1.29 is 9.90 Å². The molecule has 0 unspecified atom stereocenters. The largest absolute Gasteiger partial charge is 0.395 e. The van der Waals surface area contributed by atoms with Crippen LogP contribution in [0.3, 0.4) is 0 Å².